The van der Waals surface area contributed by atoms with E-state index in [0.29, 0.717) is 6.04 Å². The van der Waals surface area contributed by atoms with Crippen LogP contribution in [0.25, 0.3) is 0 Å². The second-order valence-electron chi connectivity index (χ2n) is 12.8. The number of rotatable bonds is 4. The van der Waals surface area contributed by atoms with Crippen molar-refractivity contribution in [2.75, 3.05) is 39.3 Å². The number of likely N-dealkylation sites (tertiary alicyclic amines) is 1. The van der Waals surface area contributed by atoms with E-state index in [1.165, 1.54) is 76.0 Å². The Morgan fingerprint density at radius 3 is 2.17 bits per heavy atom. The van der Waals surface area contributed by atoms with Gasteiger partial charge < -0.3 is 4.90 Å². The normalized spacial score (nSPS) is 37.6. The molecule has 5 aliphatic carbocycles. The van der Waals surface area contributed by atoms with Crippen LogP contribution in [0.4, 0.5) is 0 Å². The highest BCUT2D eigenvalue weighted by Crippen LogP contribution is 2.55. The summed E-state index contributed by atoms with van der Waals surface area (Å²) >= 11 is 0. The molecular formula is C29H45N5O. The minimum atomic E-state index is 0.195. The molecule has 192 valence electrons. The van der Waals surface area contributed by atoms with Crippen LogP contribution in [-0.4, -0.2) is 81.7 Å². The van der Waals surface area contributed by atoms with Crippen LogP contribution in [0.3, 0.4) is 0 Å². The van der Waals surface area contributed by atoms with Crippen molar-refractivity contribution in [2.45, 2.75) is 96.2 Å². The standard InChI is InChI=1S/C29H45N5O/c1-2-34-26-7-6-24(19-25(26)27(30-34)29(35)33-8-4-3-5-9-33)31-10-12-32(13-11-31)28-22-15-20-14-21(17-22)18-23(28)16-20/h20-24,28H,2-19H2,1H3/t20?,21?,22?,23?,24-,28?/m1/s1. The second-order valence-corrected chi connectivity index (χ2v) is 12.8. The number of aryl methyl sites for hydroxylation is 1. The van der Waals surface area contributed by atoms with Crippen molar-refractivity contribution < 1.29 is 4.79 Å². The van der Waals surface area contributed by atoms with Crippen LogP contribution in [0.5, 0.6) is 0 Å². The highest BCUT2D eigenvalue weighted by atomic mass is 16.2. The van der Waals surface area contributed by atoms with E-state index >= 15 is 0 Å². The maximum absolute atomic E-state index is 13.5. The Kier molecular flexibility index (Phi) is 5.96. The Hall–Kier alpha value is -1.40. The number of aromatic nitrogens is 2. The molecule has 1 amide bonds. The van der Waals surface area contributed by atoms with E-state index < -0.39 is 0 Å². The largest absolute Gasteiger partial charge is 0.337 e. The van der Waals surface area contributed by atoms with Gasteiger partial charge in [-0.25, -0.2) is 0 Å². The number of amides is 1. The van der Waals surface area contributed by atoms with Crippen molar-refractivity contribution in [3.8, 4) is 0 Å². The molecule has 2 saturated heterocycles. The smallest absolute Gasteiger partial charge is 0.274 e. The Morgan fingerprint density at radius 1 is 0.857 bits per heavy atom. The average Bonchev–Trinajstić information content (AvgIpc) is 3.26. The molecule has 35 heavy (non-hydrogen) atoms. The van der Waals surface area contributed by atoms with Crippen LogP contribution < -0.4 is 0 Å². The summed E-state index contributed by atoms with van der Waals surface area (Å²) in [5, 5.41) is 4.88. The van der Waals surface area contributed by atoms with Gasteiger partial charge >= 0.3 is 0 Å². The van der Waals surface area contributed by atoms with Crippen molar-refractivity contribution in [3.63, 3.8) is 0 Å². The summed E-state index contributed by atoms with van der Waals surface area (Å²) in [5.41, 5.74) is 3.40. The van der Waals surface area contributed by atoms with Gasteiger partial charge in [-0.3, -0.25) is 19.3 Å². The molecule has 8 rings (SSSR count). The van der Waals surface area contributed by atoms with Gasteiger partial charge in [0.2, 0.25) is 0 Å². The van der Waals surface area contributed by atoms with E-state index in [1.807, 2.05) is 0 Å². The lowest BCUT2D eigenvalue weighted by Gasteiger charge is -2.58. The zero-order valence-electron chi connectivity index (χ0n) is 21.8. The van der Waals surface area contributed by atoms with Gasteiger partial charge in [0.1, 0.15) is 0 Å². The molecule has 0 N–H and O–H groups in total. The van der Waals surface area contributed by atoms with Crippen molar-refractivity contribution >= 4 is 5.91 Å². The fraction of sp³-hybridized carbons (Fsp3) is 0.862. The summed E-state index contributed by atoms with van der Waals surface area (Å²) in [4.78, 5) is 21.2. The average molecular weight is 480 g/mol. The van der Waals surface area contributed by atoms with E-state index in [4.69, 9.17) is 5.10 Å². The molecule has 2 aliphatic heterocycles. The molecule has 1 aromatic heterocycles. The molecule has 4 saturated carbocycles. The first-order valence-corrected chi connectivity index (χ1v) is 15.0. The maximum atomic E-state index is 13.5. The van der Waals surface area contributed by atoms with Crippen molar-refractivity contribution in [1.82, 2.24) is 24.5 Å². The van der Waals surface area contributed by atoms with Crippen molar-refractivity contribution in [2.24, 2.45) is 23.7 Å². The zero-order valence-corrected chi connectivity index (χ0v) is 21.8. The third kappa shape index (κ3) is 3.98. The van der Waals surface area contributed by atoms with Gasteiger partial charge in [0.05, 0.1) is 0 Å². The number of fused-ring (bicyclic) bond motifs is 1. The quantitative estimate of drug-likeness (QED) is 0.659. The molecule has 3 heterocycles. The topological polar surface area (TPSA) is 44.6 Å². The van der Waals surface area contributed by atoms with Gasteiger partial charge in [-0.1, -0.05) is 0 Å². The number of carbonyl (C=O) groups excluding carboxylic acids is 1. The Morgan fingerprint density at radius 2 is 1.51 bits per heavy atom. The first-order chi connectivity index (χ1) is 17.2. The molecule has 0 radical (unpaired) electrons. The lowest BCUT2D eigenvalue weighted by atomic mass is 9.54. The van der Waals surface area contributed by atoms with E-state index in [1.54, 1.807) is 6.42 Å². The van der Waals surface area contributed by atoms with Crippen LogP contribution >= 0.6 is 0 Å². The number of carbonyl (C=O) groups is 1. The molecule has 0 unspecified atom stereocenters. The minimum Gasteiger partial charge on any atom is -0.337 e. The molecule has 0 spiro atoms. The highest BCUT2D eigenvalue weighted by molar-refractivity contribution is 5.94. The lowest BCUT2D eigenvalue weighted by Crippen LogP contribution is -2.61. The minimum absolute atomic E-state index is 0.195. The van der Waals surface area contributed by atoms with Crippen LogP contribution in [0.2, 0.25) is 0 Å². The van der Waals surface area contributed by atoms with Gasteiger partial charge in [0.25, 0.3) is 5.91 Å². The lowest BCUT2D eigenvalue weighted by molar-refractivity contribution is -0.0794. The second kappa shape index (κ2) is 9.16. The van der Waals surface area contributed by atoms with Crippen LogP contribution in [0.1, 0.15) is 86.5 Å². The van der Waals surface area contributed by atoms with Gasteiger partial charge in [-0.05, 0) is 101 Å². The first kappa shape index (κ1) is 22.8. The maximum Gasteiger partial charge on any atom is 0.274 e. The molecular weight excluding hydrogens is 434 g/mol. The summed E-state index contributed by atoms with van der Waals surface area (Å²) in [6.45, 7) is 9.77. The summed E-state index contributed by atoms with van der Waals surface area (Å²) in [7, 11) is 0. The van der Waals surface area contributed by atoms with E-state index in [-0.39, 0.29) is 5.91 Å². The highest BCUT2D eigenvalue weighted by Gasteiger charge is 2.50. The number of hydrogen-bond acceptors (Lipinski definition) is 4. The van der Waals surface area contributed by atoms with Gasteiger partial charge in [0.15, 0.2) is 5.69 Å². The molecule has 6 nitrogen and oxygen atoms in total. The van der Waals surface area contributed by atoms with Gasteiger partial charge in [0, 0.05) is 69.2 Å². The number of nitrogens with zero attached hydrogens (tertiary/aromatic N) is 5. The van der Waals surface area contributed by atoms with Crippen LogP contribution in [0.15, 0.2) is 0 Å². The van der Waals surface area contributed by atoms with E-state index in [0.717, 1.165) is 80.7 Å². The zero-order chi connectivity index (χ0) is 23.5. The van der Waals surface area contributed by atoms with Crippen LogP contribution in [0, 0.1) is 23.7 Å². The third-order valence-electron chi connectivity index (χ3n) is 10.9. The molecule has 7 aliphatic rings. The number of piperazine rings is 1. The molecule has 4 bridgehead atoms. The van der Waals surface area contributed by atoms with E-state index in [2.05, 4.69) is 26.3 Å². The molecule has 1 aromatic rings. The summed E-state index contributed by atoms with van der Waals surface area (Å²) in [6.07, 6.45) is 14.5. The predicted octanol–water partition coefficient (Wildman–Crippen LogP) is 3.83. The molecule has 0 aromatic carbocycles. The molecule has 6 heteroatoms. The first-order valence-electron chi connectivity index (χ1n) is 15.0. The van der Waals surface area contributed by atoms with Gasteiger partial charge in [-0.2, -0.15) is 5.10 Å². The van der Waals surface area contributed by atoms with Crippen molar-refractivity contribution in [3.05, 3.63) is 17.0 Å². The summed E-state index contributed by atoms with van der Waals surface area (Å²) in [6, 6.07) is 1.46. The van der Waals surface area contributed by atoms with E-state index in [9.17, 15) is 4.79 Å². The fourth-order valence-corrected chi connectivity index (χ4v) is 9.55. The fourth-order valence-electron chi connectivity index (χ4n) is 9.55. The van der Waals surface area contributed by atoms with Crippen molar-refractivity contribution in [1.29, 1.82) is 0 Å². The van der Waals surface area contributed by atoms with Gasteiger partial charge in [-0.15, -0.1) is 0 Å². The summed E-state index contributed by atoms with van der Waals surface area (Å²) in [5.74, 6) is 4.33. The number of piperidine rings is 1. The molecule has 6 fully saturated rings. The number of hydrogen-bond donors (Lipinski definition) is 0. The third-order valence-corrected chi connectivity index (χ3v) is 10.9. The Labute approximate surface area is 211 Å². The predicted molar refractivity (Wildman–Crippen MR) is 137 cm³/mol. The Balaban J connectivity index is 1.03. The summed E-state index contributed by atoms with van der Waals surface area (Å²) < 4.78 is 2.13. The SMILES string of the molecule is CCn1nc(C(=O)N2CCCCC2)c2c1CC[C@@H](N1CCN(C3C4CC5CC(C4)CC3C5)CC1)C2. The monoisotopic (exact) mass is 479 g/mol. The Bertz CT molecular complexity index is 913. The molecule has 1 atom stereocenters. The van der Waals surface area contributed by atoms with Crippen LogP contribution in [-0.2, 0) is 19.4 Å².